The molecule has 0 aliphatic rings. The second-order valence-corrected chi connectivity index (χ2v) is 13.1. The normalized spacial score (nSPS) is 11.0. The molecule has 0 unspecified atom stereocenters. The third-order valence-electron chi connectivity index (χ3n) is 9.70. The molecule has 1 aromatic heterocycles. The smallest absolute Gasteiger partial charge is 0.182 e. The third-order valence-corrected chi connectivity index (χ3v) is 9.70. The Morgan fingerprint density at radius 2 is 0.704 bits per heavy atom. The van der Waals surface area contributed by atoms with Crippen LogP contribution in [0.3, 0.4) is 0 Å². The Hall–Kier alpha value is -7.30. The van der Waals surface area contributed by atoms with Gasteiger partial charge < -0.3 is 4.90 Å². The average molecular weight is 693 g/mol. The third kappa shape index (κ3) is 6.49. The molecule has 256 valence electrons. The molecule has 4 nitrogen and oxygen atoms in total. The molecule has 0 saturated carbocycles. The maximum Gasteiger partial charge on any atom is 0.182 e. The standard InChI is InChI=1S/C50H36N4/c1-5-17-39(18-6-1)49-51-50(40-19-7-2-8-20-40)54(52-49)44-35-31-38(32-36-44)46-26-14-16-28-48(46)47-27-15-13-25-45(47)37-29-33-43(34-30-37)53(41-21-9-3-10-22-41)42-23-11-4-12-24-42/h1-36H. The van der Waals surface area contributed by atoms with Crippen molar-refractivity contribution >= 4 is 17.1 Å². The average Bonchev–Trinajstić information content (AvgIpc) is 3.71. The Kier molecular flexibility index (Phi) is 8.90. The predicted molar refractivity (Wildman–Crippen MR) is 223 cm³/mol. The van der Waals surface area contributed by atoms with Gasteiger partial charge in [-0.3, -0.25) is 0 Å². The summed E-state index contributed by atoms with van der Waals surface area (Å²) in [6, 6.07) is 76.3. The van der Waals surface area contributed by atoms with E-state index in [2.05, 4.69) is 175 Å². The van der Waals surface area contributed by atoms with Crippen LogP contribution in [0.4, 0.5) is 17.1 Å². The van der Waals surface area contributed by atoms with E-state index in [1.165, 1.54) is 22.3 Å². The molecule has 0 N–H and O–H groups in total. The first-order valence-electron chi connectivity index (χ1n) is 18.2. The number of anilines is 3. The van der Waals surface area contributed by atoms with E-state index in [4.69, 9.17) is 10.1 Å². The summed E-state index contributed by atoms with van der Waals surface area (Å²) in [6.07, 6.45) is 0. The van der Waals surface area contributed by atoms with Crippen molar-refractivity contribution < 1.29 is 0 Å². The molecule has 0 amide bonds. The number of para-hydroxylation sites is 2. The van der Waals surface area contributed by atoms with Crippen molar-refractivity contribution in [2.75, 3.05) is 4.90 Å². The van der Waals surface area contributed by atoms with Crippen molar-refractivity contribution in [1.29, 1.82) is 0 Å². The van der Waals surface area contributed by atoms with Gasteiger partial charge in [0, 0.05) is 28.2 Å². The van der Waals surface area contributed by atoms with E-state index < -0.39 is 0 Å². The molecule has 1 heterocycles. The Labute approximate surface area is 315 Å². The molecule has 0 atom stereocenters. The molecule has 0 fully saturated rings. The first-order valence-corrected chi connectivity index (χ1v) is 18.2. The minimum absolute atomic E-state index is 0.696. The molecule has 0 spiro atoms. The van der Waals surface area contributed by atoms with Gasteiger partial charge in [0.1, 0.15) is 0 Å². The zero-order valence-corrected chi connectivity index (χ0v) is 29.6. The van der Waals surface area contributed by atoms with Crippen LogP contribution in [0, 0.1) is 0 Å². The predicted octanol–water partition coefficient (Wildman–Crippen LogP) is 13.1. The van der Waals surface area contributed by atoms with Gasteiger partial charge in [-0.15, -0.1) is 5.10 Å². The summed E-state index contributed by atoms with van der Waals surface area (Å²) in [5, 5.41) is 4.99. The van der Waals surface area contributed by atoms with Crippen LogP contribution >= 0.6 is 0 Å². The Morgan fingerprint density at radius 3 is 1.20 bits per heavy atom. The minimum Gasteiger partial charge on any atom is -0.311 e. The summed E-state index contributed by atoms with van der Waals surface area (Å²) in [5.74, 6) is 1.50. The maximum absolute atomic E-state index is 4.99. The highest BCUT2D eigenvalue weighted by Gasteiger charge is 2.17. The molecule has 54 heavy (non-hydrogen) atoms. The summed E-state index contributed by atoms with van der Waals surface area (Å²) in [4.78, 5) is 7.29. The van der Waals surface area contributed by atoms with E-state index in [0.29, 0.717) is 5.82 Å². The number of hydrogen-bond donors (Lipinski definition) is 0. The van der Waals surface area contributed by atoms with Crippen LogP contribution in [-0.4, -0.2) is 14.8 Å². The molecule has 9 aromatic rings. The first kappa shape index (κ1) is 32.6. The highest BCUT2D eigenvalue weighted by Crippen LogP contribution is 2.40. The lowest BCUT2D eigenvalue weighted by Crippen LogP contribution is -2.09. The highest BCUT2D eigenvalue weighted by atomic mass is 15.4. The lowest BCUT2D eigenvalue weighted by atomic mass is 9.89. The van der Waals surface area contributed by atoms with Gasteiger partial charge in [0.2, 0.25) is 0 Å². The molecular weight excluding hydrogens is 657 g/mol. The van der Waals surface area contributed by atoms with Crippen LogP contribution in [0.1, 0.15) is 0 Å². The first-order chi connectivity index (χ1) is 26.8. The fourth-order valence-electron chi connectivity index (χ4n) is 7.09. The van der Waals surface area contributed by atoms with E-state index in [9.17, 15) is 0 Å². The van der Waals surface area contributed by atoms with Crippen LogP contribution in [0.15, 0.2) is 218 Å². The minimum atomic E-state index is 0.696. The lowest BCUT2D eigenvalue weighted by molar-refractivity contribution is 0.891. The Morgan fingerprint density at radius 1 is 0.315 bits per heavy atom. The summed E-state index contributed by atoms with van der Waals surface area (Å²) in [7, 11) is 0. The van der Waals surface area contributed by atoms with Gasteiger partial charge in [0.25, 0.3) is 0 Å². The van der Waals surface area contributed by atoms with Crippen LogP contribution in [0.2, 0.25) is 0 Å². The quantitative estimate of drug-likeness (QED) is 0.151. The lowest BCUT2D eigenvalue weighted by Gasteiger charge is -2.25. The topological polar surface area (TPSA) is 34.0 Å². The maximum atomic E-state index is 4.99. The summed E-state index contributed by atoms with van der Waals surface area (Å²) >= 11 is 0. The molecule has 0 aliphatic heterocycles. The molecule has 0 radical (unpaired) electrons. The number of aromatic nitrogens is 3. The monoisotopic (exact) mass is 692 g/mol. The van der Waals surface area contributed by atoms with Gasteiger partial charge in [-0.1, -0.05) is 170 Å². The van der Waals surface area contributed by atoms with Crippen molar-refractivity contribution in [1.82, 2.24) is 14.8 Å². The summed E-state index contributed by atoms with van der Waals surface area (Å²) in [6.45, 7) is 0. The van der Waals surface area contributed by atoms with Gasteiger partial charge in [-0.25, -0.2) is 9.67 Å². The zero-order chi connectivity index (χ0) is 36.1. The van der Waals surface area contributed by atoms with Gasteiger partial charge in [0.05, 0.1) is 5.69 Å². The molecule has 0 saturated heterocycles. The van der Waals surface area contributed by atoms with Crippen LogP contribution in [0.5, 0.6) is 0 Å². The van der Waals surface area contributed by atoms with E-state index in [-0.39, 0.29) is 0 Å². The number of nitrogens with zero attached hydrogens (tertiary/aromatic N) is 4. The van der Waals surface area contributed by atoms with Gasteiger partial charge in [-0.05, 0) is 81.9 Å². The second-order valence-electron chi connectivity index (χ2n) is 13.1. The fraction of sp³-hybridized carbons (Fsp3) is 0. The fourth-order valence-corrected chi connectivity index (χ4v) is 7.09. The Balaban J connectivity index is 1.06. The summed E-state index contributed by atoms with van der Waals surface area (Å²) < 4.78 is 1.95. The molecule has 0 bridgehead atoms. The molecule has 0 aliphatic carbocycles. The number of benzene rings is 8. The van der Waals surface area contributed by atoms with E-state index in [1.54, 1.807) is 0 Å². The van der Waals surface area contributed by atoms with Crippen molar-refractivity contribution in [3.05, 3.63) is 218 Å². The number of rotatable bonds is 9. The van der Waals surface area contributed by atoms with Crippen LogP contribution in [-0.2, 0) is 0 Å². The second kappa shape index (κ2) is 14.7. The van der Waals surface area contributed by atoms with Crippen molar-refractivity contribution in [3.8, 4) is 61.8 Å². The molecule has 9 rings (SSSR count). The van der Waals surface area contributed by atoms with E-state index in [0.717, 1.165) is 50.8 Å². The molecular formula is C50H36N4. The zero-order valence-electron chi connectivity index (χ0n) is 29.6. The van der Waals surface area contributed by atoms with Crippen molar-refractivity contribution in [3.63, 3.8) is 0 Å². The van der Waals surface area contributed by atoms with Crippen molar-refractivity contribution in [2.45, 2.75) is 0 Å². The SMILES string of the molecule is c1ccc(-c2nc(-c3ccccc3)n(-c3ccc(-c4ccccc4-c4ccccc4-c4ccc(N(c5ccccc5)c5ccccc5)cc4)cc3)n2)cc1. The summed E-state index contributed by atoms with van der Waals surface area (Å²) in [5.41, 5.74) is 13.3. The van der Waals surface area contributed by atoms with Gasteiger partial charge in [-0.2, -0.15) is 0 Å². The van der Waals surface area contributed by atoms with E-state index in [1.807, 2.05) is 53.2 Å². The molecule has 8 aromatic carbocycles. The Bertz CT molecular complexity index is 2580. The van der Waals surface area contributed by atoms with Gasteiger partial charge >= 0.3 is 0 Å². The molecule has 4 heteroatoms. The van der Waals surface area contributed by atoms with E-state index >= 15 is 0 Å². The van der Waals surface area contributed by atoms with Crippen LogP contribution < -0.4 is 4.90 Å². The number of hydrogen-bond acceptors (Lipinski definition) is 3. The van der Waals surface area contributed by atoms with Crippen LogP contribution in [0.25, 0.3) is 61.8 Å². The highest BCUT2D eigenvalue weighted by molar-refractivity contribution is 5.92. The van der Waals surface area contributed by atoms with Gasteiger partial charge in [0.15, 0.2) is 11.6 Å². The van der Waals surface area contributed by atoms with Crippen molar-refractivity contribution in [2.24, 2.45) is 0 Å². The largest absolute Gasteiger partial charge is 0.311 e.